The Labute approximate surface area is 171 Å². The SMILES string of the molecule is COCCN1C(=O)c2[nH]nc(-c3cc(Cl)ccc3O)c2C1c1cccc(Cl)c1. The number of aromatic amines is 1. The van der Waals surface area contributed by atoms with Crippen LogP contribution in [-0.2, 0) is 4.74 Å². The highest BCUT2D eigenvalue weighted by molar-refractivity contribution is 6.31. The molecule has 2 aromatic carbocycles. The molecule has 0 aliphatic carbocycles. The van der Waals surface area contributed by atoms with Gasteiger partial charge in [-0.3, -0.25) is 9.89 Å². The maximum absolute atomic E-state index is 13.0. The van der Waals surface area contributed by atoms with Crippen molar-refractivity contribution in [2.24, 2.45) is 0 Å². The molecule has 0 saturated heterocycles. The number of H-pyrrole nitrogens is 1. The van der Waals surface area contributed by atoms with Crippen molar-refractivity contribution in [2.75, 3.05) is 20.3 Å². The smallest absolute Gasteiger partial charge is 0.273 e. The van der Waals surface area contributed by atoms with Gasteiger partial charge >= 0.3 is 0 Å². The Bertz CT molecular complexity index is 1050. The first kappa shape index (κ1) is 18.8. The molecule has 3 aromatic rings. The summed E-state index contributed by atoms with van der Waals surface area (Å²) in [5.74, 6) is -0.149. The van der Waals surface area contributed by atoms with E-state index in [4.69, 9.17) is 27.9 Å². The van der Waals surface area contributed by atoms with Crippen LogP contribution in [0.1, 0.15) is 27.7 Å². The number of nitrogens with zero attached hydrogens (tertiary/aromatic N) is 2. The predicted molar refractivity (Wildman–Crippen MR) is 107 cm³/mol. The summed E-state index contributed by atoms with van der Waals surface area (Å²) in [5, 5.41) is 18.5. The molecule has 1 aliphatic heterocycles. The number of ether oxygens (including phenoxy) is 1. The van der Waals surface area contributed by atoms with Gasteiger partial charge < -0.3 is 14.7 Å². The van der Waals surface area contributed by atoms with Crippen LogP contribution in [0.15, 0.2) is 42.5 Å². The zero-order valence-electron chi connectivity index (χ0n) is 14.9. The number of halogens is 2. The Morgan fingerprint density at radius 1 is 1.21 bits per heavy atom. The number of amides is 1. The Morgan fingerprint density at radius 2 is 2.00 bits per heavy atom. The van der Waals surface area contributed by atoms with Crippen LogP contribution in [0.25, 0.3) is 11.3 Å². The van der Waals surface area contributed by atoms with Crippen molar-refractivity contribution in [3.8, 4) is 17.0 Å². The van der Waals surface area contributed by atoms with Gasteiger partial charge in [-0.1, -0.05) is 35.3 Å². The molecule has 1 unspecified atom stereocenters. The van der Waals surface area contributed by atoms with E-state index in [9.17, 15) is 9.90 Å². The van der Waals surface area contributed by atoms with Gasteiger partial charge in [-0.05, 0) is 35.9 Å². The van der Waals surface area contributed by atoms with E-state index in [2.05, 4.69) is 10.2 Å². The van der Waals surface area contributed by atoms with Crippen LogP contribution < -0.4 is 0 Å². The van der Waals surface area contributed by atoms with Crippen LogP contribution in [0, 0.1) is 0 Å². The van der Waals surface area contributed by atoms with Crippen molar-refractivity contribution >= 4 is 29.1 Å². The third-order valence-corrected chi connectivity index (χ3v) is 5.25. The van der Waals surface area contributed by atoms with E-state index in [0.717, 1.165) is 5.56 Å². The lowest BCUT2D eigenvalue weighted by atomic mass is 9.96. The fourth-order valence-corrected chi connectivity index (χ4v) is 3.91. The number of hydrogen-bond acceptors (Lipinski definition) is 4. The number of benzene rings is 2. The van der Waals surface area contributed by atoms with Gasteiger partial charge in [-0.2, -0.15) is 5.10 Å². The highest BCUT2D eigenvalue weighted by Gasteiger charge is 2.42. The molecule has 0 saturated carbocycles. The summed E-state index contributed by atoms with van der Waals surface area (Å²) in [6.07, 6.45) is 0. The van der Waals surface area contributed by atoms with E-state index in [1.807, 2.05) is 18.2 Å². The van der Waals surface area contributed by atoms with E-state index in [1.165, 1.54) is 6.07 Å². The molecule has 0 spiro atoms. The molecule has 1 aliphatic rings. The number of fused-ring (bicyclic) bond motifs is 1. The van der Waals surface area contributed by atoms with Crippen LogP contribution >= 0.6 is 23.2 Å². The molecule has 2 N–H and O–H groups in total. The lowest BCUT2D eigenvalue weighted by Crippen LogP contribution is -2.32. The van der Waals surface area contributed by atoms with E-state index >= 15 is 0 Å². The van der Waals surface area contributed by atoms with E-state index in [-0.39, 0.29) is 11.7 Å². The monoisotopic (exact) mass is 417 g/mol. The average molecular weight is 418 g/mol. The number of phenolic OH excluding ortho intramolecular Hbond substituents is 1. The second-order valence-corrected chi connectivity index (χ2v) is 7.34. The molecule has 1 aromatic heterocycles. The lowest BCUT2D eigenvalue weighted by molar-refractivity contribution is 0.0677. The number of rotatable bonds is 5. The third kappa shape index (κ3) is 3.13. The number of methoxy groups -OCH3 is 1. The molecule has 0 radical (unpaired) electrons. The van der Waals surface area contributed by atoms with Crippen LogP contribution in [0.2, 0.25) is 10.0 Å². The number of carbonyl (C=O) groups excluding carboxylic acids is 1. The van der Waals surface area contributed by atoms with E-state index < -0.39 is 6.04 Å². The minimum atomic E-state index is -0.413. The molecule has 1 atom stereocenters. The molecular formula is C20H17Cl2N3O3. The summed E-state index contributed by atoms with van der Waals surface area (Å²) in [4.78, 5) is 14.8. The number of hydrogen-bond donors (Lipinski definition) is 2. The molecule has 8 heteroatoms. The molecule has 1 amide bonds. The van der Waals surface area contributed by atoms with Crippen molar-refractivity contribution < 1.29 is 14.6 Å². The van der Waals surface area contributed by atoms with Gasteiger partial charge in [0.1, 0.15) is 17.1 Å². The first-order chi connectivity index (χ1) is 13.5. The summed E-state index contributed by atoms with van der Waals surface area (Å²) in [5.41, 5.74) is 2.85. The van der Waals surface area contributed by atoms with Gasteiger partial charge in [0.15, 0.2) is 0 Å². The van der Waals surface area contributed by atoms with Crippen molar-refractivity contribution in [1.82, 2.24) is 15.1 Å². The summed E-state index contributed by atoms with van der Waals surface area (Å²) in [6, 6.07) is 11.7. The summed E-state index contributed by atoms with van der Waals surface area (Å²) in [7, 11) is 1.59. The maximum Gasteiger partial charge on any atom is 0.273 e. The van der Waals surface area contributed by atoms with Crippen LogP contribution in [0.3, 0.4) is 0 Å². The number of phenols is 1. The molecule has 28 heavy (non-hydrogen) atoms. The summed E-state index contributed by atoms with van der Waals surface area (Å²) in [6.45, 7) is 0.786. The molecule has 144 valence electrons. The fourth-order valence-electron chi connectivity index (χ4n) is 3.54. The molecule has 0 fully saturated rings. The Balaban J connectivity index is 1.91. The molecule has 0 bridgehead atoms. The maximum atomic E-state index is 13.0. The summed E-state index contributed by atoms with van der Waals surface area (Å²) < 4.78 is 5.18. The highest BCUT2D eigenvalue weighted by atomic mass is 35.5. The molecular weight excluding hydrogens is 401 g/mol. The lowest BCUT2D eigenvalue weighted by Gasteiger charge is -2.26. The van der Waals surface area contributed by atoms with Gasteiger partial charge in [0, 0.05) is 34.8 Å². The number of aromatic nitrogens is 2. The molecule has 4 rings (SSSR count). The van der Waals surface area contributed by atoms with E-state index in [1.54, 1.807) is 30.2 Å². The Morgan fingerprint density at radius 3 is 2.75 bits per heavy atom. The van der Waals surface area contributed by atoms with Gasteiger partial charge in [-0.15, -0.1) is 0 Å². The zero-order chi connectivity index (χ0) is 19.8. The molecule has 2 heterocycles. The first-order valence-electron chi connectivity index (χ1n) is 8.63. The topological polar surface area (TPSA) is 78.5 Å². The second-order valence-electron chi connectivity index (χ2n) is 6.47. The average Bonchev–Trinajstić information content (AvgIpc) is 3.21. The Hall–Kier alpha value is -2.54. The largest absolute Gasteiger partial charge is 0.507 e. The molecule has 6 nitrogen and oxygen atoms in total. The van der Waals surface area contributed by atoms with Gasteiger partial charge in [0.05, 0.1) is 12.6 Å². The van der Waals surface area contributed by atoms with Crippen molar-refractivity contribution in [3.05, 3.63) is 69.3 Å². The third-order valence-electron chi connectivity index (χ3n) is 4.78. The predicted octanol–water partition coefficient (Wildman–Crippen LogP) is 4.28. The highest BCUT2D eigenvalue weighted by Crippen LogP contribution is 2.45. The van der Waals surface area contributed by atoms with Crippen LogP contribution in [0.4, 0.5) is 0 Å². The Kier molecular flexibility index (Phi) is 5.02. The van der Waals surface area contributed by atoms with E-state index in [0.29, 0.717) is 45.7 Å². The minimum Gasteiger partial charge on any atom is -0.507 e. The zero-order valence-corrected chi connectivity index (χ0v) is 16.5. The fraction of sp³-hybridized carbons (Fsp3) is 0.200. The minimum absolute atomic E-state index is 0.0336. The van der Waals surface area contributed by atoms with Crippen molar-refractivity contribution in [1.29, 1.82) is 0 Å². The first-order valence-corrected chi connectivity index (χ1v) is 9.39. The normalized spacial score (nSPS) is 15.9. The van der Waals surface area contributed by atoms with Crippen LogP contribution in [-0.4, -0.2) is 46.4 Å². The van der Waals surface area contributed by atoms with Gasteiger partial charge in [0.2, 0.25) is 0 Å². The summed E-state index contributed by atoms with van der Waals surface area (Å²) >= 11 is 12.3. The number of carbonyl (C=O) groups is 1. The van der Waals surface area contributed by atoms with Gasteiger partial charge in [-0.25, -0.2) is 0 Å². The standard InChI is InChI=1S/C20H17Cl2N3O3/c1-28-8-7-25-19(11-3-2-4-12(21)9-11)16-17(23-24-18(16)20(25)27)14-10-13(22)5-6-15(14)26/h2-6,9-10,19,26H,7-8H2,1H3,(H,23,24). The van der Waals surface area contributed by atoms with Crippen LogP contribution in [0.5, 0.6) is 5.75 Å². The van der Waals surface area contributed by atoms with Crippen molar-refractivity contribution in [3.63, 3.8) is 0 Å². The second kappa shape index (κ2) is 7.47. The van der Waals surface area contributed by atoms with Crippen molar-refractivity contribution in [2.45, 2.75) is 6.04 Å². The quantitative estimate of drug-likeness (QED) is 0.649. The number of nitrogens with one attached hydrogen (secondary N) is 1. The van der Waals surface area contributed by atoms with Gasteiger partial charge in [0.25, 0.3) is 5.91 Å². The number of aromatic hydroxyl groups is 1.